The predicted octanol–water partition coefficient (Wildman–Crippen LogP) is 3.72. The quantitative estimate of drug-likeness (QED) is 0.796. The van der Waals surface area contributed by atoms with E-state index in [1.54, 1.807) is 17.9 Å². The number of carbonyl (C=O) groups is 1. The average molecular weight is 389 g/mol. The number of hydrazone groups is 1. The Morgan fingerprint density at radius 1 is 1.21 bits per heavy atom. The van der Waals surface area contributed by atoms with Crippen LogP contribution >= 0.6 is 0 Å². The molecule has 1 aromatic carbocycles. The van der Waals surface area contributed by atoms with Crippen molar-refractivity contribution in [2.75, 3.05) is 6.54 Å². The van der Waals surface area contributed by atoms with E-state index in [9.17, 15) is 23.2 Å². The molecule has 6 nitrogen and oxygen atoms in total. The average Bonchev–Trinajstić information content (AvgIpc) is 2.84. The molecule has 0 saturated carbocycles. The molecule has 2 amide bonds. The zero-order valence-electron chi connectivity index (χ0n) is 15.2. The standard InChI is InChI=1S/C19H18F3N5O/c1-12-6-8-13(9-7-12)18(19(20,21)22)14(11-23)16-26-10-4-2-3-5-15(26)25-27(16)17(28)24-18/h6-9H,2-5,10H2,1H3,(H,24,28)/t18-/m0/s1. The van der Waals surface area contributed by atoms with E-state index in [2.05, 4.69) is 10.4 Å². The first-order valence-corrected chi connectivity index (χ1v) is 9.05. The molecule has 4 rings (SSSR count). The van der Waals surface area contributed by atoms with Crippen LogP contribution in [0.25, 0.3) is 0 Å². The van der Waals surface area contributed by atoms with Crippen LogP contribution in [-0.2, 0) is 5.54 Å². The van der Waals surface area contributed by atoms with Gasteiger partial charge in [0, 0.05) is 13.0 Å². The van der Waals surface area contributed by atoms with Crippen molar-refractivity contribution in [2.24, 2.45) is 5.10 Å². The molecule has 146 valence electrons. The topological polar surface area (TPSA) is 71.7 Å². The number of rotatable bonds is 1. The van der Waals surface area contributed by atoms with Gasteiger partial charge in [0.15, 0.2) is 5.82 Å². The van der Waals surface area contributed by atoms with Crippen LogP contribution in [0.3, 0.4) is 0 Å². The molecule has 1 aromatic rings. The van der Waals surface area contributed by atoms with Crippen LogP contribution < -0.4 is 5.32 Å². The van der Waals surface area contributed by atoms with Gasteiger partial charge in [-0.1, -0.05) is 36.2 Å². The van der Waals surface area contributed by atoms with Crippen molar-refractivity contribution in [1.29, 1.82) is 5.26 Å². The molecular weight excluding hydrogens is 371 g/mol. The summed E-state index contributed by atoms with van der Waals surface area (Å²) in [7, 11) is 0. The monoisotopic (exact) mass is 389 g/mol. The normalized spacial score (nSPS) is 24.8. The summed E-state index contributed by atoms with van der Waals surface area (Å²) < 4.78 is 43.4. The van der Waals surface area contributed by atoms with Crippen molar-refractivity contribution in [3.8, 4) is 6.07 Å². The highest BCUT2D eigenvalue weighted by Crippen LogP contribution is 2.49. The van der Waals surface area contributed by atoms with Crippen LogP contribution in [0.4, 0.5) is 18.0 Å². The van der Waals surface area contributed by atoms with E-state index in [1.807, 2.05) is 0 Å². The molecule has 0 aromatic heterocycles. The second-order valence-electron chi connectivity index (χ2n) is 7.14. The minimum absolute atomic E-state index is 0.0824. The molecule has 1 atom stereocenters. The summed E-state index contributed by atoms with van der Waals surface area (Å²) in [5.41, 5.74) is -2.92. The predicted molar refractivity (Wildman–Crippen MR) is 94.5 cm³/mol. The molecule has 0 radical (unpaired) electrons. The lowest BCUT2D eigenvalue weighted by atomic mass is 9.80. The molecule has 3 aliphatic rings. The molecule has 1 saturated heterocycles. The van der Waals surface area contributed by atoms with Gasteiger partial charge < -0.3 is 10.2 Å². The Hall–Kier alpha value is -3.02. The fraction of sp³-hybridized carbons (Fsp3) is 0.421. The molecule has 0 bridgehead atoms. The van der Waals surface area contributed by atoms with Crippen molar-refractivity contribution in [3.05, 3.63) is 46.8 Å². The summed E-state index contributed by atoms with van der Waals surface area (Å²) >= 11 is 0. The fourth-order valence-corrected chi connectivity index (χ4v) is 3.96. The van der Waals surface area contributed by atoms with Crippen LogP contribution in [0, 0.1) is 18.3 Å². The van der Waals surface area contributed by atoms with Crippen LogP contribution in [0.1, 0.15) is 36.8 Å². The molecule has 0 unspecified atom stereocenters. The lowest BCUT2D eigenvalue weighted by molar-refractivity contribution is -0.186. The highest BCUT2D eigenvalue weighted by atomic mass is 19.4. The maximum Gasteiger partial charge on any atom is 0.421 e. The zero-order valence-corrected chi connectivity index (χ0v) is 15.2. The summed E-state index contributed by atoms with van der Waals surface area (Å²) in [4.78, 5) is 14.3. The molecule has 0 spiro atoms. The van der Waals surface area contributed by atoms with E-state index in [0.29, 0.717) is 18.8 Å². The number of amidine groups is 1. The van der Waals surface area contributed by atoms with Crippen LogP contribution in [0.15, 0.2) is 40.8 Å². The number of nitrogens with zero attached hydrogens (tertiary/aromatic N) is 4. The van der Waals surface area contributed by atoms with Crippen molar-refractivity contribution >= 4 is 11.9 Å². The summed E-state index contributed by atoms with van der Waals surface area (Å²) in [6.45, 7) is 2.17. The largest absolute Gasteiger partial charge is 0.421 e. The number of aryl methyl sites for hydroxylation is 1. The van der Waals surface area contributed by atoms with Gasteiger partial charge >= 0.3 is 12.2 Å². The van der Waals surface area contributed by atoms with E-state index in [1.165, 1.54) is 24.3 Å². The van der Waals surface area contributed by atoms with Gasteiger partial charge in [0.05, 0.1) is 0 Å². The highest BCUT2D eigenvalue weighted by Gasteiger charge is 2.65. The molecule has 3 aliphatic heterocycles. The number of benzene rings is 1. The van der Waals surface area contributed by atoms with E-state index in [0.717, 1.165) is 29.8 Å². The number of nitriles is 1. The third-order valence-corrected chi connectivity index (χ3v) is 5.37. The Labute approximate surface area is 159 Å². The Balaban J connectivity index is 1.99. The SMILES string of the molecule is Cc1ccc([C@]2(C(F)(F)F)NC(=O)N3N=C4CCCCCN4C3=C2C#N)cc1. The number of halogens is 3. The van der Waals surface area contributed by atoms with E-state index < -0.39 is 23.3 Å². The van der Waals surface area contributed by atoms with E-state index >= 15 is 0 Å². The second-order valence-corrected chi connectivity index (χ2v) is 7.14. The van der Waals surface area contributed by atoms with Gasteiger partial charge in [-0.05, 0) is 25.3 Å². The van der Waals surface area contributed by atoms with E-state index in [4.69, 9.17) is 0 Å². The first kappa shape index (κ1) is 18.3. The molecule has 1 N–H and O–H groups in total. The number of nitrogens with one attached hydrogen (secondary N) is 1. The molecular formula is C19H18F3N5O. The molecule has 1 fully saturated rings. The second kappa shape index (κ2) is 6.26. The number of hydrogen-bond donors (Lipinski definition) is 1. The maximum atomic E-state index is 14.5. The first-order chi connectivity index (χ1) is 13.3. The highest BCUT2D eigenvalue weighted by molar-refractivity contribution is 5.92. The van der Waals surface area contributed by atoms with Crippen molar-refractivity contribution < 1.29 is 18.0 Å². The third kappa shape index (κ3) is 2.47. The number of amides is 2. The Bertz CT molecular complexity index is 928. The Morgan fingerprint density at radius 2 is 1.93 bits per heavy atom. The lowest BCUT2D eigenvalue weighted by Gasteiger charge is -2.42. The minimum Gasteiger partial charge on any atom is -0.314 e. The van der Waals surface area contributed by atoms with Gasteiger partial charge in [-0.25, -0.2) is 4.79 Å². The maximum absolute atomic E-state index is 14.5. The summed E-state index contributed by atoms with van der Waals surface area (Å²) in [5, 5.41) is 17.0. The van der Waals surface area contributed by atoms with Crippen molar-refractivity contribution in [2.45, 2.75) is 44.3 Å². The molecule has 9 heteroatoms. The number of fused-ring (bicyclic) bond motifs is 3. The van der Waals surface area contributed by atoms with Crippen LogP contribution in [0.2, 0.25) is 0 Å². The summed E-state index contributed by atoms with van der Waals surface area (Å²) in [6, 6.07) is 6.42. The summed E-state index contributed by atoms with van der Waals surface area (Å²) in [6.07, 6.45) is -1.87. The zero-order chi connectivity index (χ0) is 20.1. The van der Waals surface area contributed by atoms with Gasteiger partial charge in [0.2, 0.25) is 5.54 Å². The van der Waals surface area contributed by atoms with Gasteiger partial charge in [0.25, 0.3) is 0 Å². The smallest absolute Gasteiger partial charge is 0.314 e. The fourth-order valence-electron chi connectivity index (χ4n) is 3.96. The van der Waals surface area contributed by atoms with Crippen LogP contribution in [-0.4, -0.2) is 34.5 Å². The molecule has 28 heavy (non-hydrogen) atoms. The van der Waals surface area contributed by atoms with Gasteiger partial charge in [0.1, 0.15) is 17.5 Å². The minimum atomic E-state index is -4.92. The van der Waals surface area contributed by atoms with Gasteiger partial charge in [-0.15, -0.1) is 5.10 Å². The lowest BCUT2D eigenvalue weighted by Crippen LogP contribution is -2.63. The van der Waals surface area contributed by atoms with Gasteiger partial charge in [-0.3, -0.25) is 0 Å². The Morgan fingerprint density at radius 3 is 2.57 bits per heavy atom. The Kier molecular flexibility index (Phi) is 4.10. The molecule has 3 heterocycles. The van der Waals surface area contributed by atoms with Gasteiger partial charge in [-0.2, -0.15) is 23.4 Å². The summed E-state index contributed by atoms with van der Waals surface area (Å²) in [5.74, 6) is 0.443. The third-order valence-electron chi connectivity index (χ3n) is 5.37. The first-order valence-electron chi connectivity index (χ1n) is 9.05. The van der Waals surface area contributed by atoms with E-state index in [-0.39, 0.29) is 11.4 Å². The number of alkyl halides is 3. The number of hydrogen-bond acceptors (Lipinski definition) is 4. The molecule has 0 aliphatic carbocycles. The number of carbonyl (C=O) groups excluding carboxylic acids is 1. The van der Waals surface area contributed by atoms with Crippen molar-refractivity contribution in [1.82, 2.24) is 15.2 Å². The van der Waals surface area contributed by atoms with Crippen molar-refractivity contribution in [3.63, 3.8) is 0 Å². The van der Waals surface area contributed by atoms with Crippen LogP contribution in [0.5, 0.6) is 0 Å². The number of urea groups is 1.